The molecule has 0 saturated heterocycles. The summed E-state index contributed by atoms with van der Waals surface area (Å²) in [6.07, 6.45) is -4.62. The SMILES string of the molecule is COc1ccc(-c2nc(C(=O)NC(C)CCl)c(CN)o2)c2ccc(C(F)(F)F)nc12. The van der Waals surface area contributed by atoms with Crippen LogP contribution in [0.25, 0.3) is 22.4 Å². The molecule has 11 heteroatoms. The summed E-state index contributed by atoms with van der Waals surface area (Å²) >= 11 is 5.71. The fraction of sp³-hybridized carbons (Fsp3) is 0.316. The van der Waals surface area contributed by atoms with Gasteiger partial charge in [0.25, 0.3) is 5.91 Å². The summed E-state index contributed by atoms with van der Waals surface area (Å²) in [6.45, 7) is 1.62. The monoisotopic (exact) mass is 442 g/mol. The van der Waals surface area contributed by atoms with Gasteiger partial charge in [0.15, 0.2) is 11.5 Å². The number of alkyl halides is 4. The number of pyridine rings is 1. The van der Waals surface area contributed by atoms with Crippen LogP contribution in [0, 0.1) is 0 Å². The van der Waals surface area contributed by atoms with Gasteiger partial charge in [-0.2, -0.15) is 13.2 Å². The molecule has 0 aliphatic carbocycles. The maximum absolute atomic E-state index is 13.1. The lowest BCUT2D eigenvalue weighted by molar-refractivity contribution is -0.140. The van der Waals surface area contributed by atoms with Crippen molar-refractivity contribution in [3.8, 4) is 17.2 Å². The minimum Gasteiger partial charge on any atom is -0.494 e. The van der Waals surface area contributed by atoms with Crippen molar-refractivity contribution in [3.63, 3.8) is 0 Å². The van der Waals surface area contributed by atoms with Crippen molar-refractivity contribution < 1.29 is 27.1 Å². The zero-order chi connectivity index (χ0) is 22.1. The van der Waals surface area contributed by atoms with Gasteiger partial charge in [-0.1, -0.05) is 0 Å². The van der Waals surface area contributed by atoms with Crippen LogP contribution < -0.4 is 15.8 Å². The quantitative estimate of drug-likeness (QED) is 0.564. The van der Waals surface area contributed by atoms with Crippen LogP contribution in [-0.2, 0) is 12.7 Å². The van der Waals surface area contributed by atoms with E-state index in [2.05, 4.69) is 15.3 Å². The molecule has 3 aromatic rings. The minimum absolute atomic E-state index is 0.0147. The van der Waals surface area contributed by atoms with Gasteiger partial charge in [0, 0.05) is 22.9 Å². The molecule has 1 atom stereocenters. The average Bonchev–Trinajstić information content (AvgIpc) is 3.16. The smallest absolute Gasteiger partial charge is 0.433 e. The molecule has 0 saturated carbocycles. The lowest BCUT2D eigenvalue weighted by atomic mass is 10.1. The lowest BCUT2D eigenvalue weighted by Crippen LogP contribution is -2.34. The van der Waals surface area contributed by atoms with E-state index in [0.717, 1.165) is 6.07 Å². The summed E-state index contributed by atoms with van der Waals surface area (Å²) in [6, 6.07) is 4.81. The Morgan fingerprint density at radius 1 is 1.30 bits per heavy atom. The van der Waals surface area contributed by atoms with Gasteiger partial charge in [-0.25, -0.2) is 9.97 Å². The molecule has 2 aromatic heterocycles. The summed E-state index contributed by atoms with van der Waals surface area (Å²) in [7, 11) is 1.33. The highest BCUT2D eigenvalue weighted by molar-refractivity contribution is 6.18. The number of hydrogen-bond donors (Lipinski definition) is 2. The summed E-state index contributed by atoms with van der Waals surface area (Å²) in [5.41, 5.74) is 4.92. The Labute approximate surface area is 174 Å². The number of oxazole rings is 1. The first kappa shape index (κ1) is 21.8. The molecule has 0 fully saturated rings. The van der Waals surface area contributed by atoms with Crippen LogP contribution in [0.15, 0.2) is 28.7 Å². The third kappa shape index (κ3) is 4.19. The third-order valence-corrected chi connectivity index (χ3v) is 4.73. The molecular weight excluding hydrogens is 425 g/mol. The minimum atomic E-state index is -4.62. The Hall–Kier alpha value is -2.85. The van der Waals surface area contributed by atoms with Gasteiger partial charge in [0.2, 0.25) is 5.89 Å². The number of aromatic nitrogens is 2. The predicted octanol–water partition coefficient (Wildman–Crippen LogP) is 3.73. The van der Waals surface area contributed by atoms with Crippen LogP contribution >= 0.6 is 11.6 Å². The van der Waals surface area contributed by atoms with Crippen molar-refractivity contribution in [2.45, 2.75) is 25.7 Å². The Morgan fingerprint density at radius 3 is 2.63 bits per heavy atom. The molecule has 2 heterocycles. The highest BCUT2D eigenvalue weighted by Crippen LogP contribution is 2.36. The number of ether oxygens (including phenoxy) is 1. The largest absolute Gasteiger partial charge is 0.494 e. The van der Waals surface area contributed by atoms with Crippen LogP contribution in [-0.4, -0.2) is 34.9 Å². The number of rotatable bonds is 6. The average molecular weight is 443 g/mol. The number of fused-ring (bicyclic) bond motifs is 1. The van der Waals surface area contributed by atoms with Crippen molar-refractivity contribution >= 4 is 28.4 Å². The van der Waals surface area contributed by atoms with Gasteiger partial charge in [0.1, 0.15) is 17.0 Å². The number of carbonyl (C=O) groups excluding carboxylic acids is 1. The van der Waals surface area contributed by atoms with Gasteiger partial charge in [-0.3, -0.25) is 4.79 Å². The van der Waals surface area contributed by atoms with Crippen LogP contribution in [0.4, 0.5) is 13.2 Å². The van der Waals surface area contributed by atoms with E-state index in [9.17, 15) is 18.0 Å². The van der Waals surface area contributed by atoms with E-state index in [1.54, 1.807) is 13.0 Å². The topological polar surface area (TPSA) is 103 Å². The second kappa shape index (κ2) is 8.49. The van der Waals surface area contributed by atoms with Crippen LogP contribution in [0.1, 0.15) is 28.9 Å². The number of benzene rings is 1. The molecule has 0 bridgehead atoms. The highest BCUT2D eigenvalue weighted by Gasteiger charge is 2.33. The van der Waals surface area contributed by atoms with Crippen molar-refractivity contribution in [1.82, 2.24) is 15.3 Å². The van der Waals surface area contributed by atoms with Gasteiger partial charge >= 0.3 is 6.18 Å². The van der Waals surface area contributed by atoms with E-state index in [4.69, 9.17) is 26.5 Å². The van der Waals surface area contributed by atoms with Crippen molar-refractivity contribution in [2.24, 2.45) is 5.73 Å². The Kier molecular flexibility index (Phi) is 6.18. The first-order valence-electron chi connectivity index (χ1n) is 8.81. The molecule has 3 rings (SSSR count). The second-order valence-electron chi connectivity index (χ2n) is 6.43. The van der Waals surface area contributed by atoms with Crippen LogP contribution in [0.3, 0.4) is 0 Å². The molecular formula is C19H18ClF3N4O3. The number of methoxy groups -OCH3 is 1. The fourth-order valence-corrected chi connectivity index (χ4v) is 2.89. The normalized spacial score (nSPS) is 12.8. The standard InChI is InChI=1S/C19H18ClF3N4O3/c1-9(7-20)25-17(28)16-13(8-24)30-18(27-16)11-3-5-12(29-2)15-10(11)4-6-14(26-15)19(21,22)23/h3-6,9H,7-8,24H2,1-2H3,(H,25,28). The van der Waals surface area contributed by atoms with Gasteiger partial charge in [-0.15, -0.1) is 11.6 Å². The van der Waals surface area contributed by atoms with E-state index in [1.165, 1.54) is 19.2 Å². The molecule has 160 valence electrons. The number of hydrogen-bond acceptors (Lipinski definition) is 6. The maximum atomic E-state index is 13.1. The van der Waals surface area contributed by atoms with Gasteiger partial charge < -0.3 is 20.2 Å². The zero-order valence-corrected chi connectivity index (χ0v) is 16.8. The molecule has 1 unspecified atom stereocenters. The van der Waals surface area contributed by atoms with E-state index >= 15 is 0 Å². The Morgan fingerprint density at radius 2 is 2.03 bits per heavy atom. The highest BCUT2D eigenvalue weighted by atomic mass is 35.5. The Balaban J connectivity index is 2.14. The van der Waals surface area contributed by atoms with Crippen molar-refractivity contribution in [3.05, 3.63) is 41.4 Å². The van der Waals surface area contributed by atoms with E-state index in [1.807, 2.05) is 0 Å². The molecule has 0 spiro atoms. The van der Waals surface area contributed by atoms with Crippen LogP contribution in [0.2, 0.25) is 0 Å². The predicted molar refractivity (Wildman–Crippen MR) is 104 cm³/mol. The van der Waals surface area contributed by atoms with Gasteiger partial charge in [-0.05, 0) is 31.2 Å². The number of nitrogens with two attached hydrogens (primary N) is 1. The summed E-state index contributed by atoms with van der Waals surface area (Å²) < 4.78 is 50.1. The molecule has 30 heavy (non-hydrogen) atoms. The number of halogens is 4. The molecule has 7 nitrogen and oxygen atoms in total. The maximum Gasteiger partial charge on any atom is 0.433 e. The molecule has 1 aromatic carbocycles. The van der Waals surface area contributed by atoms with Crippen molar-refractivity contribution in [1.29, 1.82) is 0 Å². The number of amides is 1. The van der Waals surface area contributed by atoms with E-state index < -0.39 is 17.8 Å². The van der Waals surface area contributed by atoms with Crippen molar-refractivity contribution in [2.75, 3.05) is 13.0 Å². The first-order chi connectivity index (χ1) is 14.2. The second-order valence-corrected chi connectivity index (χ2v) is 6.74. The number of nitrogens with one attached hydrogen (secondary N) is 1. The van der Waals surface area contributed by atoms with Gasteiger partial charge in [0.05, 0.1) is 13.7 Å². The third-order valence-electron chi connectivity index (χ3n) is 4.27. The summed E-state index contributed by atoms with van der Waals surface area (Å²) in [4.78, 5) is 20.4. The lowest BCUT2D eigenvalue weighted by Gasteiger charge is -2.11. The van der Waals surface area contributed by atoms with Crippen LogP contribution in [0.5, 0.6) is 5.75 Å². The zero-order valence-electron chi connectivity index (χ0n) is 16.0. The molecule has 3 N–H and O–H groups in total. The molecule has 0 radical (unpaired) electrons. The fourth-order valence-electron chi connectivity index (χ4n) is 2.81. The molecule has 0 aliphatic heterocycles. The number of nitrogens with zero attached hydrogens (tertiary/aromatic N) is 2. The molecule has 1 amide bonds. The summed E-state index contributed by atoms with van der Waals surface area (Å²) in [5, 5.41) is 2.97. The van der Waals surface area contributed by atoms with E-state index in [-0.39, 0.29) is 47.1 Å². The first-order valence-corrected chi connectivity index (χ1v) is 9.35. The molecule has 0 aliphatic rings. The van der Waals surface area contributed by atoms with E-state index in [0.29, 0.717) is 10.9 Å². The Bertz CT molecular complexity index is 1080. The summed E-state index contributed by atoms with van der Waals surface area (Å²) in [5.74, 6) is -0.0141. The number of carbonyl (C=O) groups is 1.